The van der Waals surface area contributed by atoms with Crippen molar-refractivity contribution in [2.24, 2.45) is 17.8 Å². The number of carboxylic acid groups (broad SMARTS) is 1. The molecule has 3 rings (SSSR count). The highest BCUT2D eigenvalue weighted by molar-refractivity contribution is 5.87. The van der Waals surface area contributed by atoms with E-state index in [1.54, 1.807) is 6.08 Å². The van der Waals surface area contributed by atoms with Gasteiger partial charge in [0.2, 0.25) is 5.91 Å². The lowest BCUT2D eigenvalue weighted by molar-refractivity contribution is -0.150. The topological polar surface area (TPSA) is 66.8 Å². The van der Waals surface area contributed by atoms with Gasteiger partial charge in [0, 0.05) is 13.1 Å². The zero-order valence-electron chi connectivity index (χ0n) is 11.0. The van der Waals surface area contributed by atoms with E-state index in [-0.39, 0.29) is 12.0 Å². The lowest BCUT2D eigenvalue weighted by atomic mass is 9.81. The Kier molecular flexibility index (Phi) is 3.09. The SMILES string of the molecule is CC1CCN(C(=O)[C@H]2[C@H](C(=O)O)[C@H]3C=C[C@H]2O3)CC1. The molecule has 0 unspecified atom stereocenters. The number of carboxylic acids is 1. The van der Waals surface area contributed by atoms with Gasteiger partial charge in [0.1, 0.15) is 5.92 Å². The monoisotopic (exact) mass is 265 g/mol. The largest absolute Gasteiger partial charge is 0.481 e. The van der Waals surface area contributed by atoms with E-state index in [1.165, 1.54) is 0 Å². The van der Waals surface area contributed by atoms with E-state index >= 15 is 0 Å². The molecule has 0 aliphatic carbocycles. The summed E-state index contributed by atoms with van der Waals surface area (Å²) in [7, 11) is 0. The van der Waals surface area contributed by atoms with Crippen molar-refractivity contribution in [1.29, 1.82) is 0 Å². The number of nitrogens with zero attached hydrogens (tertiary/aromatic N) is 1. The molecule has 1 amide bonds. The number of piperidine rings is 1. The smallest absolute Gasteiger partial charge is 0.310 e. The van der Waals surface area contributed by atoms with E-state index in [4.69, 9.17) is 4.74 Å². The summed E-state index contributed by atoms with van der Waals surface area (Å²) in [6, 6.07) is 0. The van der Waals surface area contributed by atoms with Gasteiger partial charge in [0.15, 0.2) is 0 Å². The van der Waals surface area contributed by atoms with Crippen LogP contribution in [-0.2, 0) is 14.3 Å². The van der Waals surface area contributed by atoms with Crippen LogP contribution >= 0.6 is 0 Å². The van der Waals surface area contributed by atoms with E-state index in [0.29, 0.717) is 5.92 Å². The van der Waals surface area contributed by atoms with Gasteiger partial charge in [0.25, 0.3) is 0 Å². The molecule has 3 heterocycles. The van der Waals surface area contributed by atoms with E-state index in [9.17, 15) is 14.7 Å². The highest BCUT2D eigenvalue weighted by Crippen LogP contribution is 2.40. The molecular weight excluding hydrogens is 246 g/mol. The summed E-state index contributed by atoms with van der Waals surface area (Å²) in [5, 5.41) is 9.31. The molecule has 2 saturated heterocycles. The maximum atomic E-state index is 12.6. The molecule has 4 atom stereocenters. The minimum absolute atomic E-state index is 0.0452. The molecule has 0 radical (unpaired) electrons. The van der Waals surface area contributed by atoms with Gasteiger partial charge in [-0.1, -0.05) is 19.1 Å². The Labute approximate surface area is 112 Å². The third-order valence-corrected chi connectivity index (χ3v) is 4.57. The molecule has 2 fully saturated rings. The van der Waals surface area contributed by atoms with Crippen molar-refractivity contribution < 1.29 is 19.4 Å². The fraction of sp³-hybridized carbons (Fsp3) is 0.714. The average Bonchev–Trinajstić information content (AvgIpc) is 2.98. The summed E-state index contributed by atoms with van der Waals surface area (Å²) in [6.45, 7) is 3.67. The first-order chi connectivity index (χ1) is 9.08. The van der Waals surface area contributed by atoms with Gasteiger partial charge in [-0.2, -0.15) is 0 Å². The van der Waals surface area contributed by atoms with Crippen molar-refractivity contribution in [3.63, 3.8) is 0 Å². The average molecular weight is 265 g/mol. The van der Waals surface area contributed by atoms with Gasteiger partial charge < -0.3 is 14.7 Å². The zero-order valence-corrected chi connectivity index (χ0v) is 11.0. The van der Waals surface area contributed by atoms with Gasteiger partial charge in [-0.25, -0.2) is 0 Å². The van der Waals surface area contributed by atoms with Gasteiger partial charge in [-0.05, 0) is 18.8 Å². The Balaban J connectivity index is 1.75. The third-order valence-electron chi connectivity index (χ3n) is 4.57. The molecule has 0 saturated carbocycles. The first-order valence-electron chi connectivity index (χ1n) is 6.93. The van der Waals surface area contributed by atoms with Crippen LogP contribution < -0.4 is 0 Å². The molecule has 2 bridgehead atoms. The second-order valence-electron chi connectivity index (χ2n) is 5.85. The molecule has 5 nitrogen and oxygen atoms in total. The molecular formula is C14H19NO4. The minimum Gasteiger partial charge on any atom is -0.481 e. The second kappa shape index (κ2) is 4.63. The summed E-state index contributed by atoms with van der Waals surface area (Å²) in [5.41, 5.74) is 0. The molecule has 0 aromatic rings. The van der Waals surface area contributed by atoms with Crippen molar-refractivity contribution in [3.8, 4) is 0 Å². The Morgan fingerprint density at radius 1 is 1.16 bits per heavy atom. The number of ether oxygens (including phenoxy) is 1. The van der Waals surface area contributed by atoms with Crippen LogP contribution in [0.1, 0.15) is 19.8 Å². The number of rotatable bonds is 2. The summed E-state index contributed by atoms with van der Waals surface area (Å²) < 4.78 is 5.55. The van der Waals surface area contributed by atoms with Crippen LogP contribution in [0.15, 0.2) is 12.2 Å². The predicted molar refractivity (Wildman–Crippen MR) is 67.4 cm³/mol. The predicted octanol–water partition coefficient (Wildman–Crippen LogP) is 0.899. The number of amides is 1. The number of likely N-dealkylation sites (tertiary alicyclic amines) is 1. The van der Waals surface area contributed by atoms with Crippen LogP contribution in [0.25, 0.3) is 0 Å². The van der Waals surface area contributed by atoms with Crippen molar-refractivity contribution in [2.75, 3.05) is 13.1 Å². The van der Waals surface area contributed by atoms with Crippen LogP contribution in [0.5, 0.6) is 0 Å². The highest BCUT2D eigenvalue weighted by atomic mass is 16.5. The lowest BCUT2D eigenvalue weighted by Crippen LogP contribution is -2.47. The number of aliphatic carboxylic acids is 1. The van der Waals surface area contributed by atoms with Crippen molar-refractivity contribution in [3.05, 3.63) is 12.2 Å². The molecule has 3 aliphatic heterocycles. The molecule has 104 valence electrons. The zero-order chi connectivity index (χ0) is 13.6. The molecule has 5 heteroatoms. The van der Waals surface area contributed by atoms with E-state index in [2.05, 4.69) is 6.92 Å². The van der Waals surface area contributed by atoms with Crippen LogP contribution in [0.2, 0.25) is 0 Å². The van der Waals surface area contributed by atoms with E-state index in [1.807, 2.05) is 11.0 Å². The number of fused-ring (bicyclic) bond motifs is 2. The summed E-state index contributed by atoms with van der Waals surface area (Å²) in [5.74, 6) is -1.59. The van der Waals surface area contributed by atoms with E-state index in [0.717, 1.165) is 25.9 Å². The van der Waals surface area contributed by atoms with Crippen LogP contribution in [-0.4, -0.2) is 47.2 Å². The summed E-state index contributed by atoms with van der Waals surface area (Å²) in [4.78, 5) is 25.7. The van der Waals surface area contributed by atoms with Crippen LogP contribution in [0, 0.1) is 17.8 Å². The Bertz CT molecular complexity index is 425. The summed E-state index contributed by atoms with van der Waals surface area (Å²) in [6.07, 6.45) is 4.82. The quantitative estimate of drug-likeness (QED) is 0.753. The Morgan fingerprint density at radius 2 is 1.74 bits per heavy atom. The lowest BCUT2D eigenvalue weighted by Gasteiger charge is -2.34. The van der Waals surface area contributed by atoms with E-state index < -0.39 is 23.9 Å². The van der Waals surface area contributed by atoms with Crippen molar-refractivity contribution in [2.45, 2.75) is 32.0 Å². The summed E-state index contributed by atoms with van der Waals surface area (Å²) >= 11 is 0. The number of carbonyl (C=O) groups is 2. The first kappa shape index (κ1) is 12.7. The van der Waals surface area contributed by atoms with Gasteiger partial charge in [0.05, 0.1) is 18.1 Å². The number of hydrogen-bond donors (Lipinski definition) is 1. The van der Waals surface area contributed by atoms with Gasteiger partial charge >= 0.3 is 5.97 Å². The molecule has 0 aromatic heterocycles. The fourth-order valence-corrected chi connectivity index (χ4v) is 3.34. The number of hydrogen-bond acceptors (Lipinski definition) is 3. The maximum absolute atomic E-state index is 12.6. The highest BCUT2D eigenvalue weighted by Gasteiger charge is 2.54. The Morgan fingerprint density at radius 3 is 2.32 bits per heavy atom. The van der Waals surface area contributed by atoms with Crippen LogP contribution in [0.4, 0.5) is 0 Å². The standard InChI is InChI=1S/C14H19NO4/c1-8-4-6-15(7-5-8)13(16)11-9-2-3-10(19-9)12(11)14(17)18/h2-3,8-12H,4-7H2,1H3,(H,17,18)/t9-,10-,11-,12-/m1/s1. The molecule has 0 aromatic carbocycles. The third kappa shape index (κ3) is 2.06. The molecule has 1 N–H and O–H groups in total. The molecule has 0 spiro atoms. The first-order valence-corrected chi connectivity index (χ1v) is 6.93. The normalized spacial score (nSPS) is 37.8. The van der Waals surface area contributed by atoms with Crippen molar-refractivity contribution >= 4 is 11.9 Å². The van der Waals surface area contributed by atoms with Crippen molar-refractivity contribution in [1.82, 2.24) is 4.90 Å². The van der Waals surface area contributed by atoms with Crippen LogP contribution in [0.3, 0.4) is 0 Å². The maximum Gasteiger partial charge on any atom is 0.310 e. The Hall–Kier alpha value is -1.36. The minimum atomic E-state index is -0.930. The molecule has 19 heavy (non-hydrogen) atoms. The van der Waals surface area contributed by atoms with Gasteiger partial charge in [-0.15, -0.1) is 0 Å². The molecule has 3 aliphatic rings. The second-order valence-corrected chi connectivity index (χ2v) is 5.85. The number of carbonyl (C=O) groups excluding carboxylic acids is 1. The fourth-order valence-electron chi connectivity index (χ4n) is 3.34. The van der Waals surface area contributed by atoms with Gasteiger partial charge in [-0.3, -0.25) is 9.59 Å².